The molecular formula is C24H28N4O2. The normalized spacial score (nSPS) is 14.5. The van der Waals surface area contributed by atoms with Gasteiger partial charge in [-0.3, -0.25) is 4.79 Å². The fourth-order valence-electron chi connectivity index (χ4n) is 4.02. The first-order chi connectivity index (χ1) is 14.6. The van der Waals surface area contributed by atoms with Crippen molar-refractivity contribution in [2.45, 2.75) is 32.6 Å². The van der Waals surface area contributed by atoms with Crippen molar-refractivity contribution in [3.8, 4) is 11.4 Å². The van der Waals surface area contributed by atoms with Crippen LogP contribution in [0.3, 0.4) is 0 Å². The van der Waals surface area contributed by atoms with Crippen LogP contribution in [0.4, 0.5) is 5.69 Å². The van der Waals surface area contributed by atoms with Gasteiger partial charge in [0, 0.05) is 5.92 Å². The number of hydrogen-bond donors (Lipinski definition) is 2. The Labute approximate surface area is 177 Å². The summed E-state index contributed by atoms with van der Waals surface area (Å²) in [5.74, 6) is 0.743. The quantitative estimate of drug-likeness (QED) is 0.668. The number of carbonyl (C=O) groups is 1. The van der Waals surface area contributed by atoms with E-state index in [1.165, 1.54) is 11.1 Å². The molecule has 4 rings (SSSR count). The summed E-state index contributed by atoms with van der Waals surface area (Å²) in [5.41, 5.74) is 5.68. The molecule has 1 aromatic heterocycles. The summed E-state index contributed by atoms with van der Waals surface area (Å²) in [5, 5.41) is 11.1. The number of rotatable bonds is 5. The van der Waals surface area contributed by atoms with Crippen LogP contribution < -0.4 is 15.4 Å². The van der Waals surface area contributed by atoms with Crippen molar-refractivity contribution in [2.75, 3.05) is 25.5 Å². The van der Waals surface area contributed by atoms with Crippen LogP contribution in [0.2, 0.25) is 0 Å². The highest BCUT2D eigenvalue weighted by molar-refractivity contribution is 6.05. The number of nitrogens with one attached hydrogen (secondary N) is 2. The highest BCUT2D eigenvalue weighted by Crippen LogP contribution is 2.32. The van der Waals surface area contributed by atoms with Crippen LogP contribution in [-0.2, 0) is 0 Å². The molecule has 0 bridgehead atoms. The molecule has 0 radical (unpaired) electrons. The van der Waals surface area contributed by atoms with Crippen LogP contribution in [0.15, 0.2) is 48.7 Å². The van der Waals surface area contributed by atoms with E-state index in [-0.39, 0.29) is 11.8 Å². The number of amides is 1. The lowest BCUT2D eigenvalue weighted by molar-refractivity contribution is 0.102. The van der Waals surface area contributed by atoms with Crippen LogP contribution in [0.25, 0.3) is 5.69 Å². The first-order valence-corrected chi connectivity index (χ1v) is 10.4. The van der Waals surface area contributed by atoms with Gasteiger partial charge in [0.25, 0.3) is 5.91 Å². The maximum absolute atomic E-state index is 13.3. The molecule has 1 aliphatic heterocycles. The molecule has 0 atom stereocenters. The van der Waals surface area contributed by atoms with Gasteiger partial charge in [-0.05, 0) is 75.2 Å². The Morgan fingerprint density at radius 2 is 1.90 bits per heavy atom. The molecule has 1 fully saturated rings. The third-order valence-corrected chi connectivity index (χ3v) is 5.87. The Kier molecular flexibility index (Phi) is 5.86. The summed E-state index contributed by atoms with van der Waals surface area (Å²) in [4.78, 5) is 13.3. The van der Waals surface area contributed by atoms with Crippen LogP contribution >= 0.6 is 0 Å². The van der Waals surface area contributed by atoms with E-state index in [1.807, 2.05) is 28.9 Å². The lowest BCUT2D eigenvalue weighted by atomic mass is 9.91. The first kappa shape index (κ1) is 20.2. The molecule has 6 nitrogen and oxygen atoms in total. The SMILES string of the molecule is COc1ccccc1NC(=O)c1cnn(-c2ccc(C)c(C)c2)c1C1CCNCC1. The van der Waals surface area contributed by atoms with Gasteiger partial charge in [-0.15, -0.1) is 0 Å². The monoisotopic (exact) mass is 404 g/mol. The molecule has 0 unspecified atom stereocenters. The van der Waals surface area contributed by atoms with Gasteiger partial charge in [-0.2, -0.15) is 5.10 Å². The second-order valence-electron chi connectivity index (χ2n) is 7.80. The average Bonchev–Trinajstić information content (AvgIpc) is 3.22. The number of anilines is 1. The maximum atomic E-state index is 13.3. The lowest BCUT2D eigenvalue weighted by Gasteiger charge is -2.25. The van der Waals surface area contributed by atoms with E-state index in [0.717, 1.165) is 37.3 Å². The predicted octanol–water partition coefficient (Wildman–Crippen LogP) is 4.22. The number of piperidine rings is 1. The molecule has 1 saturated heterocycles. The van der Waals surface area contributed by atoms with Gasteiger partial charge >= 0.3 is 0 Å². The van der Waals surface area contributed by atoms with Gasteiger partial charge in [-0.1, -0.05) is 18.2 Å². The van der Waals surface area contributed by atoms with E-state index in [9.17, 15) is 4.79 Å². The number of aromatic nitrogens is 2. The Bertz CT molecular complexity index is 1050. The van der Waals surface area contributed by atoms with Gasteiger partial charge < -0.3 is 15.4 Å². The van der Waals surface area contributed by atoms with Crippen molar-refractivity contribution in [3.05, 3.63) is 71.0 Å². The van der Waals surface area contributed by atoms with Gasteiger partial charge in [0.2, 0.25) is 0 Å². The molecule has 6 heteroatoms. The standard InChI is InChI=1S/C24H28N4O2/c1-16-8-9-19(14-17(16)2)28-23(18-10-12-25-13-11-18)20(15-26-28)24(29)27-21-6-4-5-7-22(21)30-3/h4-9,14-15,18,25H,10-13H2,1-3H3,(H,27,29). The third kappa shape index (κ3) is 3.96. The second-order valence-corrected chi connectivity index (χ2v) is 7.80. The van der Waals surface area contributed by atoms with Crippen molar-refractivity contribution in [1.29, 1.82) is 0 Å². The second kappa shape index (κ2) is 8.71. The van der Waals surface area contributed by atoms with Gasteiger partial charge in [0.1, 0.15) is 5.75 Å². The number of hydrogen-bond acceptors (Lipinski definition) is 4. The zero-order chi connectivity index (χ0) is 21.1. The van der Waals surface area contributed by atoms with E-state index in [0.29, 0.717) is 17.0 Å². The van der Waals surface area contributed by atoms with E-state index >= 15 is 0 Å². The topological polar surface area (TPSA) is 68.2 Å². The van der Waals surface area contributed by atoms with Crippen LogP contribution in [0.5, 0.6) is 5.75 Å². The molecule has 2 heterocycles. The maximum Gasteiger partial charge on any atom is 0.259 e. The number of aryl methyl sites for hydroxylation is 2. The number of para-hydroxylation sites is 2. The Morgan fingerprint density at radius 1 is 1.13 bits per heavy atom. The largest absolute Gasteiger partial charge is 0.495 e. The van der Waals surface area contributed by atoms with Crippen molar-refractivity contribution in [3.63, 3.8) is 0 Å². The summed E-state index contributed by atoms with van der Waals surface area (Å²) in [7, 11) is 1.60. The van der Waals surface area contributed by atoms with Crippen molar-refractivity contribution in [2.24, 2.45) is 0 Å². The van der Waals surface area contributed by atoms with Crippen molar-refractivity contribution < 1.29 is 9.53 Å². The van der Waals surface area contributed by atoms with Crippen molar-refractivity contribution in [1.82, 2.24) is 15.1 Å². The number of carbonyl (C=O) groups excluding carboxylic acids is 1. The van der Waals surface area contributed by atoms with Crippen LogP contribution in [0, 0.1) is 13.8 Å². The first-order valence-electron chi connectivity index (χ1n) is 10.4. The molecule has 156 valence electrons. The van der Waals surface area contributed by atoms with E-state index < -0.39 is 0 Å². The minimum Gasteiger partial charge on any atom is -0.495 e. The van der Waals surface area contributed by atoms with Crippen LogP contribution in [0.1, 0.15) is 45.9 Å². The Balaban J connectivity index is 1.74. The summed E-state index contributed by atoms with van der Waals surface area (Å²) in [6, 6.07) is 13.7. The number of nitrogens with zero attached hydrogens (tertiary/aromatic N) is 2. The zero-order valence-corrected chi connectivity index (χ0v) is 17.7. The number of benzene rings is 2. The smallest absolute Gasteiger partial charge is 0.259 e. The Morgan fingerprint density at radius 3 is 2.63 bits per heavy atom. The minimum atomic E-state index is -0.164. The molecule has 1 amide bonds. The lowest BCUT2D eigenvalue weighted by Crippen LogP contribution is -2.29. The summed E-state index contributed by atoms with van der Waals surface area (Å²) in [6.45, 7) is 6.08. The van der Waals surface area contributed by atoms with Gasteiger partial charge in [-0.25, -0.2) is 4.68 Å². The molecule has 3 aromatic rings. The highest BCUT2D eigenvalue weighted by atomic mass is 16.5. The van der Waals surface area contributed by atoms with Gasteiger partial charge in [0.15, 0.2) is 0 Å². The molecule has 2 aromatic carbocycles. The predicted molar refractivity (Wildman–Crippen MR) is 119 cm³/mol. The van der Waals surface area contributed by atoms with E-state index in [2.05, 4.69) is 47.8 Å². The molecule has 0 spiro atoms. The van der Waals surface area contributed by atoms with E-state index in [4.69, 9.17) is 4.74 Å². The van der Waals surface area contributed by atoms with Crippen LogP contribution in [-0.4, -0.2) is 35.9 Å². The third-order valence-electron chi connectivity index (χ3n) is 5.87. The molecule has 0 aliphatic carbocycles. The Hall–Kier alpha value is -3.12. The average molecular weight is 405 g/mol. The minimum absolute atomic E-state index is 0.164. The number of methoxy groups -OCH3 is 1. The summed E-state index contributed by atoms with van der Waals surface area (Å²) in [6.07, 6.45) is 3.65. The molecule has 0 saturated carbocycles. The summed E-state index contributed by atoms with van der Waals surface area (Å²) < 4.78 is 7.33. The molecule has 30 heavy (non-hydrogen) atoms. The summed E-state index contributed by atoms with van der Waals surface area (Å²) >= 11 is 0. The molecule has 2 N–H and O–H groups in total. The highest BCUT2D eigenvalue weighted by Gasteiger charge is 2.27. The van der Waals surface area contributed by atoms with E-state index in [1.54, 1.807) is 13.3 Å². The fourth-order valence-corrected chi connectivity index (χ4v) is 4.02. The van der Waals surface area contributed by atoms with Crippen molar-refractivity contribution >= 4 is 11.6 Å². The van der Waals surface area contributed by atoms with Gasteiger partial charge in [0.05, 0.1) is 35.9 Å². The number of ether oxygens (including phenoxy) is 1. The molecular weight excluding hydrogens is 376 g/mol. The molecule has 1 aliphatic rings. The fraction of sp³-hybridized carbons (Fsp3) is 0.333. The zero-order valence-electron chi connectivity index (χ0n) is 17.7.